The van der Waals surface area contributed by atoms with Crippen LogP contribution in [-0.2, 0) is 13.0 Å². The van der Waals surface area contributed by atoms with Gasteiger partial charge in [0.05, 0.1) is 18.2 Å². The van der Waals surface area contributed by atoms with E-state index in [-0.39, 0.29) is 12.0 Å². The van der Waals surface area contributed by atoms with Gasteiger partial charge in [-0.1, -0.05) is 13.8 Å². The number of rotatable bonds is 3. The van der Waals surface area contributed by atoms with Crippen molar-refractivity contribution in [3.05, 3.63) is 28.2 Å². The van der Waals surface area contributed by atoms with Crippen LogP contribution in [-0.4, -0.2) is 9.78 Å². The molecule has 0 aliphatic heterocycles. The molecule has 0 aromatic carbocycles. The molecular formula is C10H13N3O. The Morgan fingerprint density at radius 2 is 2.29 bits per heavy atom. The van der Waals surface area contributed by atoms with Gasteiger partial charge in [-0.2, -0.15) is 10.4 Å². The smallest absolute Gasteiger partial charge is 0.266 e. The minimum atomic E-state index is -0.111. The topological polar surface area (TPSA) is 58.7 Å². The van der Waals surface area contributed by atoms with Gasteiger partial charge < -0.3 is 0 Å². The summed E-state index contributed by atoms with van der Waals surface area (Å²) in [6, 6.07) is 5.07. The molecule has 0 N–H and O–H groups in total. The average Bonchev–Trinajstić information content (AvgIpc) is 2.10. The third-order valence-electron chi connectivity index (χ3n) is 1.72. The van der Waals surface area contributed by atoms with E-state index in [1.54, 1.807) is 6.07 Å². The lowest BCUT2D eigenvalue weighted by Gasteiger charge is -2.07. The van der Waals surface area contributed by atoms with Crippen LogP contribution in [0.4, 0.5) is 0 Å². The summed E-state index contributed by atoms with van der Waals surface area (Å²) >= 11 is 0. The monoisotopic (exact) mass is 191 g/mol. The normalized spacial score (nSPS) is 10.1. The Labute approximate surface area is 82.8 Å². The summed E-state index contributed by atoms with van der Waals surface area (Å²) in [7, 11) is 0. The molecule has 0 unspecified atom stereocenters. The van der Waals surface area contributed by atoms with Crippen LogP contribution in [0.5, 0.6) is 0 Å². The molecule has 1 aromatic rings. The van der Waals surface area contributed by atoms with E-state index in [9.17, 15) is 4.79 Å². The quantitative estimate of drug-likeness (QED) is 0.715. The maximum absolute atomic E-state index is 11.3. The molecule has 4 heteroatoms. The summed E-state index contributed by atoms with van der Waals surface area (Å²) < 4.78 is 1.41. The second-order valence-electron chi connectivity index (χ2n) is 3.57. The second-order valence-corrected chi connectivity index (χ2v) is 3.57. The first-order chi connectivity index (χ1) is 6.63. The van der Waals surface area contributed by atoms with E-state index in [4.69, 9.17) is 5.26 Å². The Hall–Kier alpha value is -1.63. The van der Waals surface area contributed by atoms with E-state index in [0.29, 0.717) is 18.2 Å². The fourth-order valence-corrected chi connectivity index (χ4v) is 1.14. The number of hydrogen-bond acceptors (Lipinski definition) is 3. The highest BCUT2D eigenvalue weighted by Gasteiger charge is 2.02. The van der Waals surface area contributed by atoms with Crippen molar-refractivity contribution in [3.8, 4) is 6.07 Å². The molecule has 14 heavy (non-hydrogen) atoms. The fraction of sp³-hybridized carbons (Fsp3) is 0.500. The largest absolute Gasteiger partial charge is 0.268 e. The van der Waals surface area contributed by atoms with Crippen molar-refractivity contribution in [1.29, 1.82) is 5.26 Å². The molecule has 1 heterocycles. The molecular weight excluding hydrogens is 178 g/mol. The zero-order valence-corrected chi connectivity index (χ0v) is 8.40. The van der Waals surface area contributed by atoms with Gasteiger partial charge in [0.25, 0.3) is 5.56 Å². The first-order valence-corrected chi connectivity index (χ1v) is 4.57. The third-order valence-corrected chi connectivity index (χ3v) is 1.72. The minimum Gasteiger partial charge on any atom is -0.268 e. The lowest BCUT2D eigenvalue weighted by Crippen LogP contribution is -2.25. The van der Waals surface area contributed by atoms with Crippen molar-refractivity contribution in [2.24, 2.45) is 5.92 Å². The van der Waals surface area contributed by atoms with Crippen LogP contribution >= 0.6 is 0 Å². The lowest BCUT2D eigenvalue weighted by atomic mass is 10.2. The molecule has 0 fully saturated rings. The highest BCUT2D eigenvalue weighted by Crippen LogP contribution is 1.96. The first-order valence-electron chi connectivity index (χ1n) is 4.57. The predicted molar refractivity (Wildman–Crippen MR) is 52.7 cm³/mol. The highest BCUT2D eigenvalue weighted by molar-refractivity contribution is 5.05. The molecule has 74 valence electrons. The molecule has 1 aromatic heterocycles. The minimum absolute atomic E-state index is 0.111. The molecule has 0 amide bonds. The van der Waals surface area contributed by atoms with E-state index in [1.165, 1.54) is 10.7 Å². The third kappa shape index (κ3) is 2.70. The van der Waals surface area contributed by atoms with Crippen LogP contribution in [0.25, 0.3) is 0 Å². The van der Waals surface area contributed by atoms with E-state index in [2.05, 4.69) is 5.10 Å². The van der Waals surface area contributed by atoms with E-state index < -0.39 is 0 Å². The van der Waals surface area contributed by atoms with Crippen LogP contribution in [0.3, 0.4) is 0 Å². The molecule has 0 spiro atoms. The summed E-state index contributed by atoms with van der Waals surface area (Å²) in [6.07, 6.45) is 0.248. The van der Waals surface area contributed by atoms with Crippen LogP contribution in [0.2, 0.25) is 0 Å². The van der Waals surface area contributed by atoms with Gasteiger partial charge in [-0.25, -0.2) is 4.68 Å². The van der Waals surface area contributed by atoms with E-state index >= 15 is 0 Å². The van der Waals surface area contributed by atoms with Crippen molar-refractivity contribution < 1.29 is 0 Å². The number of hydrogen-bond donors (Lipinski definition) is 0. The summed E-state index contributed by atoms with van der Waals surface area (Å²) in [5.74, 6) is 0.373. The zero-order chi connectivity index (χ0) is 10.6. The van der Waals surface area contributed by atoms with Crippen LogP contribution in [0.15, 0.2) is 16.9 Å². The van der Waals surface area contributed by atoms with Gasteiger partial charge >= 0.3 is 0 Å². The van der Waals surface area contributed by atoms with Crippen LogP contribution in [0.1, 0.15) is 19.5 Å². The molecule has 0 saturated carbocycles. The molecule has 0 bridgehead atoms. The molecule has 0 aliphatic carbocycles. The number of nitriles is 1. The first kappa shape index (κ1) is 10.5. The Bertz CT molecular complexity index is 401. The lowest BCUT2D eigenvalue weighted by molar-refractivity contribution is 0.459. The van der Waals surface area contributed by atoms with Crippen molar-refractivity contribution in [2.75, 3.05) is 0 Å². The maximum Gasteiger partial charge on any atom is 0.266 e. The van der Waals surface area contributed by atoms with Gasteiger partial charge in [0, 0.05) is 12.6 Å². The summed E-state index contributed by atoms with van der Waals surface area (Å²) in [6.45, 7) is 4.63. The molecule has 4 nitrogen and oxygen atoms in total. The summed E-state index contributed by atoms with van der Waals surface area (Å²) in [5.41, 5.74) is 0.535. The Balaban J connectivity index is 2.97. The van der Waals surface area contributed by atoms with Crippen molar-refractivity contribution >= 4 is 0 Å². The van der Waals surface area contributed by atoms with Crippen molar-refractivity contribution in [2.45, 2.75) is 26.8 Å². The Morgan fingerprint density at radius 3 is 2.86 bits per heavy atom. The van der Waals surface area contributed by atoms with Crippen molar-refractivity contribution in [1.82, 2.24) is 9.78 Å². The Morgan fingerprint density at radius 1 is 1.57 bits per heavy atom. The second kappa shape index (κ2) is 4.56. The predicted octanol–water partition coefficient (Wildman–Crippen LogP) is 0.965. The average molecular weight is 191 g/mol. The van der Waals surface area contributed by atoms with Gasteiger partial charge in [0.15, 0.2) is 0 Å². The van der Waals surface area contributed by atoms with E-state index in [1.807, 2.05) is 19.9 Å². The molecule has 0 aliphatic rings. The van der Waals surface area contributed by atoms with Gasteiger partial charge in [-0.3, -0.25) is 4.79 Å². The molecule has 0 radical (unpaired) electrons. The van der Waals surface area contributed by atoms with Crippen LogP contribution in [0, 0.1) is 17.2 Å². The standard InChI is InChI=1S/C10H13N3O/c1-8(2)7-13-10(14)4-3-9(12-13)5-6-11/h3-4,8H,5,7H2,1-2H3. The SMILES string of the molecule is CC(C)Cn1nc(CC#N)ccc1=O. The van der Waals surface area contributed by atoms with Gasteiger partial charge in [0.1, 0.15) is 0 Å². The van der Waals surface area contributed by atoms with Gasteiger partial charge in [-0.05, 0) is 12.0 Å². The zero-order valence-electron chi connectivity index (χ0n) is 8.40. The highest BCUT2D eigenvalue weighted by atomic mass is 16.1. The number of aromatic nitrogens is 2. The fourth-order valence-electron chi connectivity index (χ4n) is 1.14. The summed E-state index contributed by atoms with van der Waals surface area (Å²) in [5, 5.41) is 12.6. The van der Waals surface area contributed by atoms with E-state index in [0.717, 1.165) is 0 Å². The van der Waals surface area contributed by atoms with Crippen LogP contribution < -0.4 is 5.56 Å². The Kier molecular flexibility index (Phi) is 3.41. The molecule has 0 saturated heterocycles. The maximum atomic E-state index is 11.3. The number of nitrogens with zero attached hydrogens (tertiary/aromatic N) is 3. The van der Waals surface area contributed by atoms with Gasteiger partial charge in [-0.15, -0.1) is 0 Å². The summed E-state index contributed by atoms with van der Waals surface area (Å²) in [4.78, 5) is 11.3. The molecule has 0 atom stereocenters. The van der Waals surface area contributed by atoms with Gasteiger partial charge in [0.2, 0.25) is 0 Å². The van der Waals surface area contributed by atoms with Crippen molar-refractivity contribution in [3.63, 3.8) is 0 Å². The molecule has 1 rings (SSSR count).